The van der Waals surface area contributed by atoms with Gasteiger partial charge < -0.3 is 8.58 Å². The molecule has 0 spiro atoms. The Morgan fingerprint density at radius 1 is 0.292 bits per heavy atom. The fourth-order valence-corrected chi connectivity index (χ4v) is 16.1. The van der Waals surface area contributed by atoms with Crippen LogP contribution in [0.25, 0.3) is 11.1 Å². The Kier molecular flexibility index (Phi) is 22.4. The van der Waals surface area contributed by atoms with E-state index in [1.165, 1.54) is 84.4 Å². The van der Waals surface area contributed by atoms with E-state index in [0.29, 0.717) is 0 Å². The zero-order chi connectivity index (χ0) is 48.9. The topological polar surface area (TPSA) is 0 Å². The second-order valence-corrected chi connectivity index (χ2v) is 25.1. The smallest absolute Gasteiger partial charge is 0.472 e. The van der Waals surface area contributed by atoms with Crippen LogP contribution in [-0.2, 0) is 25.2 Å². The molecule has 0 aliphatic carbocycles. The Morgan fingerprint density at radius 3 is 0.792 bits per heavy atom. The molecule has 352 valence electrons. The van der Waals surface area contributed by atoms with Crippen molar-refractivity contribution in [3.8, 4) is 11.1 Å². The Balaban J connectivity index is 0.000000219. The average Bonchev–Trinajstić information content (AvgIpc) is 3.45. The molecule has 0 N–H and O–H groups in total. The molecule has 0 saturated heterocycles. The standard InChI is InChI=1S/C42H40P2.C12H10ClP.C12H10P.Li/c1-3-33-19-17-21-35(31-43(37-23-9-5-10-24-37)38-25-11-6-12-26-38)41(33)42-34(4-2)20-18-22-36(42)32-44(39-27-13-7-14-28-39)40-29-15-8-16-30-40;13-14(11-7-3-1-4-8-11)12-9-5-2-6-10-12;1-3-7-11(8-4-1)13-12-9-5-2-6-10-12;/h5-30H,3-4,31-32H2,1-2H3;1-10H;1-10H;/q;;-1;+1. The van der Waals surface area contributed by atoms with Gasteiger partial charge in [-0.15, -0.1) is 0 Å². The Bertz CT molecular complexity index is 2790. The van der Waals surface area contributed by atoms with Gasteiger partial charge in [0.1, 0.15) is 0 Å². The minimum absolute atomic E-state index is 0. The summed E-state index contributed by atoms with van der Waals surface area (Å²) >= 11 is 6.40. The maximum Gasteiger partial charge on any atom is 1.00 e. The van der Waals surface area contributed by atoms with Gasteiger partial charge in [0, 0.05) is 12.3 Å². The zero-order valence-corrected chi connectivity index (χ0v) is 45.9. The van der Waals surface area contributed by atoms with Crippen LogP contribution in [0.4, 0.5) is 0 Å². The number of hydrogen-bond acceptors (Lipinski definition) is 0. The molecule has 10 aromatic rings. The second kappa shape index (κ2) is 29.5. The van der Waals surface area contributed by atoms with Crippen molar-refractivity contribution in [2.75, 3.05) is 0 Å². The average molecular weight is 1020 g/mol. The summed E-state index contributed by atoms with van der Waals surface area (Å²) in [4.78, 5) is 0. The van der Waals surface area contributed by atoms with Crippen LogP contribution in [0, 0.1) is 0 Å². The summed E-state index contributed by atoms with van der Waals surface area (Å²) in [5, 5.41) is 10.8. The van der Waals surface area contributed by atoms with Gasteiger partial charge >= 0.3 is 18.9 Å². The number of benzene rings is 10. The van der Waals surface area contributed by atoms with Crippen molar-refractivity contribution in [2.24, 2.45) is 0 Å². The molecule has 0 nitrogen and oxygen atoms in total. The molecule has 0 bridgehead atoms. The summed E-state index contributed by atoms with van der Waals surface area (Å²) in [5.74, 6) is 0. The molecule has 0 heterocycles. The number of halogens is 1. The normalized spacial score (nSPS) is 10.7. The summed E-state index contributed by atoms with van der Waals surface area (Å²) in [6.07, 6.45) is 4.08. The SMILES string of the molecule is CCc1cccc(CP(c2ccccc2)c2ccccc2)c1-c1c(CC)cccc1CP(c1ccccc1)c1ccccc1.ClP(c1ccccc1)c1ccccc1.[Li+].c1ccc([P-]c2ccccc2)cc1. The molecule has 0 amide bonds. The molecule has 0 aliphatic heterocycles. The summed E-state index contributed by atoms with van der Waals surface area (Å²) in [5.41, 5.74) is 8.77. The van der Waals surface area contributed by atoms with Crippen LogP contribution in [0.3, 0.4) is 0 Å². The minimum atomic E-state index is -0.699. The Labute approximate surface area is 452 Å². The Morgan fingerprint density at radius 2 is 0.528 bits per heavy atom. The molecular weight excluding hydrogens is 959 g/mol. The van der Waals surface area contributed by atoms with E-state index in [0.717, 1.165) is 25.2 Å². The van der Waals surface area contributed by atoms with E-state index in [2.05, 4.69) is 244 Å². The molecule has 0 atom stereocenters. The first-order valence-corrected chi connectivity index (χ1v) is 30.6. The van der Waals surface area contributed by atoms with Crippen LogP contribution in [0.2, 0.25) is 0 Å². The fraction of sp³-hybridized carbons (Fsp3) is 0.0909. The van der Waals surface area contributed by atoms with E-state index in [4.69, 9.17) is 11.2 Å². The molecule has 6 heteroatoms. The molecule has 0 aliphatic rings. The Hall–Kier alpha value is -5.19. The predicted molar refractivity (Wildman–Crippen MR) is 320 cm³/mol. The summed E-state index contributed by atoms with van der Waals surface area (Å²) < 4.78 is 0. The first-order valence-electron chi connectivity index (χ1n) is 24.4. The summed E-state index contributed by atoms with van der Waals surface area (Å²) in [6.45, 7) is 4.63. The maximum atomic E-state index is 6.40. The van der Waals surface area contributed by atoms with Gasteiger partial charge in [-0.05, 0) is 93.9 Å². The first kappa shape index (κ1) is 54.6. The van der Waals surface area contributed by atoms with Gasteiger partial charge in [0.05, 0.1) is 7.27 Å². The van der Waals surface area contributed by atoms with Gasteiger partial charge in [-0.3, -0.25) is 0 Å². The molecule has 0 radical (unpaired) electrons. The van der Waals surface area contributed by atoms with E-state index in [1.807, 2.05) is 48.5 Å². The third kappa shape index (κ3) is 15.4. The van der Waals surface area contributed by atoms with Crippen molar-refractivity contribution in [2.45, 2.75) is 39.0 Å². The van der Waals surface area contributed by atoms with Gasteiger partial charge in [-0.2, -0.15) is 0 Å². The minimum Gasteiger partial charge on any atom is -0.472 e. The third-order valence-corrected chi connectivity index (χ3v) is 20.9. The van der Waals surface area contributed by atoms with Gasteiger partial charge in [0.2, 0.25) is 0 Å². The predicted octanol–water partition coefficient (Wildman–Crippen LogP) is 12.6. The molecule has 0 saturated carbocycles. The van der Waals surface area contributed by atoms with Crippen LogP contribution in [0.1, 0.15) is 36.1 Å². The van der Waals surface area contributed by atoms with Crippen LogP contribution < -0.4 is 61.3 Å². The van der Waals surface area contributed by atoms with Gasteiger partial charge in [0.25, 0.3) is 0 Å². The molecule has 72 heavy (non-hydrogen) atoms. The van der Waals surface area contributed by atoms with Gasteiger partial charge in [-0.1, -0.05) is 304 Å². The molecule has 10 aromatic carbocycles. The first-order chi connectivity index (χ1) is 35.1. The zero-order valence-electron chi connectivity index (χ0n) is 41.6. The number of rotatable bonds is 15. The quantitative estimate of drug-likeness (QED) is 0.0709. The third-order valence-electron chi connectivity index (χ3n) is 12.2. The summed E-state index contributed by atoms with van der Waals surface area (Å²) in [6, 6.07) is 100. The van der Waals surface area contributed by atoms with Crippen molar-refractivity contribution in [3.05, 3.63) is 301 Å². The molecular formula is C66H60ClLiP4. The van der Waals surface area contributed by atoms with Crippen molar-refractivity contribution >= 4 is 85.4 Å². The largest absolute Gasteiger partial charge is 1.00 e. The second-order valence-electron chi connectivity index (χ2n) is 16.9. The van der Waals surface area contributed by atoms with Gasteiger partial charge in [-0.25, -0.2) is 10.6 Å². The van der Waals surface area contributed by atoms with Crippen LogP contribution in [0.15, 0.2) is 279 Å². The van der Waals surface area contributed by atoms with E-state index in [1.54, 1.807) is 0 Å². The molecule has 0 unspecified atom stereocenters. The van der Waals surface area contributed by atoms with Gasteiger partial charge in [0.15, 0.2) is 0 Å². The van der Waals surface area contributed by atoms with Crippen molar-refractivity contribution < 1.29 is 18.9 Å². The van der Waals surface area contributed by atoms with Crippen molar-refractivity contribution in [1.29, 1.82) is 0 Å². The van der Waals surface area contributed by atoms with Crippen LogP contribution in [-0.4, -0.2) is 0 Å². The van der Waals surface area contributed by atoms with Crippen molar-refractivity contribution in [3.63, 3.8) is 0 Å². The molecule has 10 rings (SSSR count). The monoisotopic (exact) mass is 1020 g/mol. The van der Waals surface area contributed by atoms with E-state index < -0.39 is 23.1 Å². The maximum absolute atomic E-state index is 6.40. The summed E-state index contributed by atoms with van der Waals surface area (Å²) in [7, 11) is -0.536. The van der Waals surface area contributed by atoms with Crippen LogP contribution >= 0.6 is 42.9 Å². The van der Waals surface area contributed by atoms with Crippen molar-refractivity contribution in [1.82, 2.24) is 0 Å². The van der Waals surface area contributed by atoms with Crippen LogP contribution in [0.5, 0.6) is 0 Å². The van der Waals surface area contributed by atoms with E-state index in [-0.39, 0.29) is 18.9 Å². The molecule has 0 aromatic heterocycles. The fourth-order valence-electron chi connectivity index (χ4n) is 8.66. The van der Waals surface area contributed by atoms with E-state index in [9.17, 15) is 0 Å². The number of aryl methyl sites for hydroxylation is 2. The number of hydrogen-bond donors (Lipinski definition) is 0. The molecule has 0 fully saturated rings. The van der Waals surface area contributed by atoms with E-state index >= 15 is 0 Å².